The van der Waals surface area contributed by atoms with Crippen LogP contribution in [0, 0.1) is 46.1 Å². The summed E-state index contributed by atoms with van der Waals surface area (Å²) in [7, 11) is 1.42. The van der Waals surface area contributed by atoms with Crippen molar-refractivity contribution in [2.24, 2.45) is 34.5 Å². The van der Waals surface area contributed by atoms with Gasteiger partial charge in [0.2, 0.25) is 0 Å². The maximum Gasteiger partial charge on any atom is 0.311 e. The predicted molar refractivity (Wildman–Crippen MR) is 255 cm³/mol. The summed E-state index contributed by atoms with van der Waals surface area (Å²) >= 11 is 0. The number of carbonyl (C=O) groups excluding carboxylic acids is 2. The standard InChI is InChI=1S/C27H34FNO3.C23H27FO2.C5H9NO2/c1-27(2,3)21-9-13-23(14-10-21)32-22-11-7-18(8-12-22)24-6-4-5-19(25(24)28)15-29-16-20(17-29)26(30)31;1-23(2,3)18-9-13-20(14-10-18)26-19-11-7-16(8-12-19)21-6-4-5-17(15-25)22(21)24;1-8-5(7)4-2-6-3-4/h4-8,11-12,20-21,23H,9-10,13-17H2,1-3H3,(H,30,31);4-8,11-12,15,18,20H,9-10,13-14H2,1-3H3;4,6H,2-3H2,1H3. The van der Waals surface area contributed by atoms with Crippen LogP contribution in [0.3, 0.4) is 0 Å². The molecule has 4 aromatic rings. The fraction of sp³-hybridized carbons (Fsp3) is 0.509. The lowest BCUT2D eigenvalue weighted by Crippen LogP contribution is -2.49. The van der Waals surface area contributed by atoms with Gasteiger partial charge in [0.15, 0.2) is 6.29 Å². The van der Waals surface area contributed by atoms with Crippen LogP contribution in [0.25, 0.3) is 22.3 Å². The minimum absolute atomic E-state index is 0.0819. The highest BCUT2D eigenvalue weighted by Gasteiger charge is 2.34. The van der Waals surface area contributed by atoms with Gasteiger partial charge < -0.3 is 24.6 Å². The van der Waals surface area contributed by atoms with Gasteiger partial charge in [0.05, 0.1) is 36.7 Å². The molecule has 0 spiro atoms. The van der Waals surface area contributed by atoms with Gasteiger partial charge in [-0.2, -0.15) is 0 Å². The molecule has 4 aliphatic rings. The number of carbonyl (C=O) groups is 3. The normalized spacial score (nSPS) is 21.3. The molecule has 2 N–H and O–H groups in total. The fourth-order valence-electron chi connectivity index (χ4n) is 9.41. The Balaban J connectivity index is 0.000000189. The van der Waals surface area contributed by atoms with Crippen LogP contribution in [0.15, 0.2) is 84.9 Å². The van der Waals surface area contributed by atoms with E-state index >= 15 is 4.39 Å². The third kappa shape index (κ3) is 13.5. The summed E-state index contributed by atoms with van der Waals surface area (Å²) in [4.78, 5) is 34.4. The molecule has 0 aromatic heterocycles. The Morgan fingerprint density at radius 3 is 1.50 bits per heavy atom. The second-order valence-corrected chi connectivity index (χ2v) is 20.7. The van der Waals surface area contributed by atoms with Crippen LogP contribution in [0.5, 0.6) is 11.5 Å². The van der Waals surface area contributed by atoms with Crippen LogP contribution >= 0.6 is 0 Å². The largest absolute Gasteiger partial charge is 0.490 e. The van der Waals surface area contributed by atoms with E-state index in [1.165, 1.54) is 38.9 Å². The number of methoxy groups -OCH3 is 1. The summed E-state index contributed by atoms with van der Waals surface area (Å²) in [5, 5.41) is 12.0. The number of likely N-dealkylation sites (tertiary alicyclic amines) is 1. The summed E-state index contributed by atoms with van der Waals surface area (Å²) in [5.74, 6) is 1.38. The van der Waals surface area contributed by atoms with Gasteiger partial charge >= 0.3 is 11.9 Å². The third-order valence-corrected chi connectivity index (χ3v) is 14.0. The molecule has 2 aliphatic carbocycles. The van der Waals surface area contributed by atoms with Crippen molar-refractivity contribution >= 4 is 18.2 Å². The first-order valence-corrected chi connectivity index (χ1v) is 23.7. The van der Waals surface area contributed by atoms with E-state index in [0.29, 0.717) is 53.4 Å². The van der Waals surface area contributed by atoms with Crippen molar-refractivity contribution in [3.05, 3.63) is 108 Å². The van der Waals surface area contributed by atoms with E-state index in [1.807, 2.05) is 59.5 Å². The van der Waals surface area contributed by atoms with Gasteiger partial charge in [0.1, 0.15) is 23.1 Å². The molecule has 0 atom stereocenters. The molecular weight excluding hydrogens is 839 g/mol. The molecule has 4 fully saturated rings. The summed E-state index contributed by atoms with van der Waals surface area (Å²) in [5.41, 5.74) is 3.98. The second kappa shape index (κ2) is 22.6. The highest BCUT2D eigenvalue weighted by atomic mass is 19.1. The first-order valence-electron chi connectivity index (χ1n) is 23.7. The van der Waals surface area contributed by atoms with Crippen LogP contribution < -0.4 is 14.8 Å². The minimum Gasteiger partial charge on any atom is -0.490 e. The van der Waals surface area contributed by atoms with Crippen molar-refractivity contribution in [3.63, 3.8) is 0 Å². The molecule has 2 heterocycles. The fourth-order valence-corrected chi connectivity index (χ4v) is 9.41. The molecule has 4 aromatic carbocycles. The summed E-state index contributed by atoms with van der Waals surface area (Å²) in [6, 6.07) is 25.5. The Labute approximate surface area is 390 Å². The number of rotatable bonds is 11. The monoisotopic (exact) mass is 909 g/mol. The van der Waals surface area contributed by atoms with Crippen molar-refractivity contribution in [3.8, 4) is 33.8 Å². The molecule has 2 aliphatic heterocycles. The number of hydrogen-bond donors (Lipinski definition) is 2. The topological polar surface area (TPSA) is 114 Å². The van der Waals surface area contributed by atoms with Gasteiger partial charge in [-0.05, 0) is 115 Å². The van der Waals surface area contributed by atoms with Gasteiger partial charge in [0, 0.05) is 49.4 Å². The molecule has 2 saturated carbocycles. The molecule has 8 rings (SSSR count). The van der Waals surface area contributed by atoms with Crippen LogP contribution in [-0.2, 0) is 20.9 Å². The van der Waals surface area contributed by atoms with E-state index in [-0.39, 0.29) is 41.4 Å². The molecule has 0 bridgehead atoms. The van der Waals surface area contributed by atoms with Gasteiger partial charge in [-0.25, -0.2) is 8.78 Å². The number of nitrogens with zero attached hydrogens (tertiary/aromatic N) is 1. The molecule has 356 valence electrons. The van der Waals surface area contributed by atoms with Gasteiger partial charge in [-0.1, -0.05) is 96.1 Å². The Morgan fingerprint density at radius 1 is 0.667 bits per heavy atom. The lowest BCUT2D eigenvalue weighted by molar-refractivity contribution is -0.148. The van der Waals surface area contributed by atoms with Gasteiger partial charge in [0.25, 0.3) is 0 Å². The zero-order valence-corrected chi connectivity index (χ0v) is 39.9. The van der Waals surface area contributed by atoms with E-state index in [2.05, 4.69) is 51.6 Å². The van der Waals surface area contributed by atoms with E-state index in [1.54, 1.807) is 24.3 Å². The predicted octanol–water partition coefficient (Wildman–Crippen LogP) is 11.7. The smallest absolute Gasteiger partial charge is 0.311 e. The first kappa shape index (κ1) is 50.3. The van der Waals surface area contributed by atoms with Gasteiger partial charge in [-0.15, -0.1) is 0 Å². The van der Waals surface area contributed by atoms with E-state index < -0.39 is 11.8 Å². The Bertz CT molecular complexity index is 2210. The van der Waals surface area contributed by atoms with Crippen LogP contribution in [0.1, 0.15) is 109 Å². The van der Waals surface area contributed by atoms with Crippen molar-refractivity contribution in [2.75, 3.05) is 33.3 Å². The Kier molecular flexibility index (Phi) is 17.2. The summed E-state index contributed by atoms with van der Waals surface area (Å²) in [6.07, 6.45) is 10.2. The second-order valence-electron chi connectivity index (χ2n) is 20.7. The molecule has 0 unspecified atom stereocenters. The molecule has 0 amide bonds. The minimum atomic E-state index is -0.778. The van der Waals surface area contributed by atoms with Crippen molar-refractivity contribution < 1.29 is 42.5 Å². The average molecular weight is 909 g/mol. The molecule has 11 heteroatoms. The highest BCUT2D eigenvalue weighted by molar-refractivity contribution is 5.80. The van der Waals surface area contributed by atoms with Crippen molar-refractivity contribution in [1.29, 1.82) is 0 Å². The SMILES string of the molecule is CC(C)(C)C1CCC(Oc2ccc(-c3cccc(C=O)c3F)cc2)CC1.CC(C)(C)C1CCC(Oc2ccc(-c3cccc(CN4CC(C(=O)O)C4)c3F)cc2)CC1.COC(=O)C1CNC1. The first-order chi connectivity index (χ1) is 31.4. The molecule has 2 saturated heterocycles. The molecule has 66 heavy (non-hydrogen) atoms. The number of carboxylic acid groups (broad SMARTS) is 1. The number of aliphatic carboxylic acids is 1. The summed E-state index contributed by atoms with van der Waals surface area (Å²) in [6.45, 7) is 16.9. The number of hydrogen-bond acceptors (Lipinski definition) is 8. The number of carboxylic acids is 1. The third-order valence-electron chi connectivity index (χ3n) is 14.0. The summed E-state index contributed by atoms with van der Waals surface area (Å²) < 4.78 is 46.3. The Morgan fingerprint density at radius 2 is 1.12 bits per heavy atom. The number of aldehydes is 1. The Hall–Kier alpha value is -5.13. The van der Waals surface area contributed by atoms with Crippen LogP contribution in [0.4, 0.5) is 8.78 Å². The lowest BCUT2D eigenvalue weighted by Gasteiger charge is -2.37. The zero-order chi connectivity index (χ0) is 47.6. The maximum atomic E-state index is 15.2. The number of nitrogens with one attached hydrogen (secondary N) is 1. The quantitative estimate of drug-likeness (QED) is 0.112. The lowest BCUT2D eigenvalue weighted by atomic mass is 9.72. The van der Waals surface area contributed by atoms with Crippen molar-refractivity contribution in [1.82, 2.24) is 10.2 Å². The molecule has 0 radical (unpaired) electrons. The maximum absolute atomic E-state index is 15.2. The van der Waals surface area contributed by atoms with Crippen LogP contribution in [-0.4, -0.2) is 73.7 Å². The number of esters is 1. The average Bonchev–Trinajstić information content (AvgIpc) is 3.25. The molecular formula is C55H70F2N2O7. The number of halogens is 2. The zero-order valence-electron chi connectivity index (χ0n) is 39.9. The highest BCUT2D eigenvalue weighted by Crippen LogP contribution is 2.40. The van der Waals surface area contributed by atoms with E-state index in [9.17, 15) is 18.8 Å². The number of benzene rings is 4. The number of ether oxygens (including phenoxy) is 3. The molecule has 9 nitrogen and oxygen atoms in total. The van der Waals surface area contributed by atoms with Crippen molar-refractivity contribution in [2.45, 2.75) is 112 Å². The van der Waals surface area contributed by atoms with Gasteiger partial charge in [-0.3, -0.25) is 19.3 Å². The van der Waals surface area contributed by atoms with E-state index in [0.717, 1.165) is 73.2 Å². The van der Waals surface area contributed by atoms with E-state index in [4.69, 9.17) is 14.6 Å². The van der Waals surface area contributed by atoms with Crippen LogP contribution in [0.2, 0.25) is 0 Å².